The van der Waals surface area contributed by atoms with Crippen LogP contribution >= 0.6 is 24.0 Å². The number of halogens is 1. The van der Waals surface area contributed by atoms with Gasteiger partial charge in [-0.05, 0) is 53.4 Å². The van der Waals surface area contributed by atoms with Gasteiger partial charge in [0.2, 0.25) is 0 Å². The lowest BCUT2D eigenvalue weighted by atomic mass is 9.98. The number of rotatable bonds is 7. The average molecular weight is 484 g/mol. The molecule has 26 heavy (non-hydrogen) atoms. The first kappa shape index (κ1) is 25.2. The molecule has 0 saturated carbocycles. The molecule has 1 atom stereocenters. The minimum absolute atomic E-state index is 0. The van der Waals surface area contributed by atoms with E-state index in [1.807, 2.05) is 39.5 Å². The lowest BCUT2D eigenvalue weighted by molar-refractivity contribution is 0.0170. The molecular weight excluding hydrogens is 447 g/mol. The molecule has 1 saturated heterocycles. The second-order valence-electron chi connectivity index (χ2n) is 7.28. The smallest absolute Gasteiger partial charge is 0.410 e. The lowest BCUT2D eigenvalue weighted by Gasteiger charge is -2.33. The summed E-state index contributed by atoms with van der Waals surface area (Å²) >= 11 is 0. The number of carbonyl (C=O) groups is 1. The first-order valence-corrected chi connectivity index (χ1v) is 9.43. The van der Waals surface area contributed by atoms with E-state index in [0.717, 1.165) is 45.0 Å². The largest absolute Gasteiger partial charge is 0.444 e. The molecule has 8 heteroatoms. The fourth-order valence-electron chi connectivity index (χ4n) is 2.65. The molecule has 1 aliphatic rings. The van der Waals surface area contributed by atoms with Crippen LogP contribution in [-0.4, -0.2) is 68.5 Å². The topological polar surface area (TPSA) is 75.2 Å². The Morgan fingerprint density at radius 3 is 2.62 bits per heavy atom. The van der Waals surface area contributed by atoms with Gasteiger partial charge in [-0.15, -0.1) is 24.0 Å². The Bertz CT molecular complexity index is 427. The molecule has 2 N–H and O–H groups in total. The van der Waals surface area contributed by atoms with Crippen LogP contribution in [0.2, 0.25) is 0 Å². The van der Waals surface area contributed by atoms with E-state index < -0.39 is 5.60 Å². The highest BCUT2D eigenvalue weighted by atomic mass is 127. The second kappa shape index (κ2) is 13.4. The fourth-order valence-corrected chi connectivity index (χ4v) is 2.65. The average Bonchev–Trinajstić information content (AvgIpc) is 2.55. The predicted molar refractivity (Wildman–Crippen MR) is 116 cm³/mol. The summed E-state index contributed by atoms with van der Waals surface area (Å²) in [5.74, 6) is 1.17. The van der Waals surface area contributed by atoms with Crippen LogP contribution in [0.25, 0.3) is 0 Å². The molecule has 0 aromatic heterocycles. The summed E-state index contributed by atoms with van der Waals surface area (Å²) in [6.45, 7) is 14.8. The van der Waals surface area contributed by atoms with E-state index in [0.29, 0.717) is 25.6 Å². The number of guanidine groups is 1. The van der Waals surface area contributed by atoms with Crippen LogP contribution < -0.4 is 10.6 Å². The van der Waals surface area contributed by atoms with Gasteiger partial charge in [0, 0.05) is 39.3 Å². The summed E-state index contributed by atoms with van der Waals surface area (Å²) in [5, 5.41) is 6.51. The molecule has 154 valence electrons. The maximum absolute atomic E-state index is 12.2. The van der Waals surface area contributed by atoms with Crippen LogP contribution in [0.15, 0.2) is 4.99 Å². The summed E-state index contributed by atoms with van der Waals surface area (Å²) < 4.78 is 10.8. The standard InChI is InChI=1S/C18H36N4O3.HI/c1-6-19-16(20-10-12-24-7-2)21-13-15-9-8-11-22(14-15)17(23)25-18(3,4)5;/h15H,6-14H2,1-5H3,(H2,19,20,21);1H. The third kappa shape index (κ3) is 11.1. The molecule has 1 unspecified atom stereocenters. The summed E-state index contributed by atoms with van der Waals surface area (Å²) in [4.78, 5) is 18.7. The molecule has 0 aromatic rings. The van der Waals surface area contributed by atoms with Gasteiger partial charge in [0.05, 0.1) is 6.61 Å². The summed E-state index contributed by atoms with van der Waals surface area (Å²) in [6, 6.07) is 0. The number of nitrogens with one attached hydrogen (secondary N) is 2. The van der Waals surface area contributed by atoms with E-state index in [4.69, 9.17) is 9.47 Å². The van der Waals surface area contributed by atoms with E-state index in [9.17, 15) is 4.79 Å². The molecular formula is C18H37IN4O3. The van der Waals surface area contributed by atoms with Crippen molar-refractivity contribution in [3.63, 3.8) is 0 Å². The third-order valence-corrected chi connectivity index (χ3v) is 3.77. The van der Waals surface area contributed by atoms with E-state index in [1.165, 1.54) is 0 Å². The van der Waals surface area contributed by atoms with Crippen molar-refractivity contribution < 1.29 is 14.3 Å². The molecule has 1 heterocycles. The lowest BCUT2D eigenvalue weighted by Crippen LogP contribution is -2.44. The predicted octanol–water partition coefficient (Wildman–Crippen LogP) is 2.84. The number of likely N-dealkylation sites (tertiary alicyclic amines) is 1. The molecule has 0 radical (unpaired) electrons. The Morgan fingerprint density at radius 2 is 2.00 bits per heavy atom. The Hall–Kier alpha value is -0.770. The highest BCUT2D eigenvalue weighted by Gasteiger charge is 2.27. The number of piperidine rings is 1. The Kier molecular flexibility index (Phi) is 13.0. The Balaban J connectivity index is 0.00000625. The number of ether oxygens (including phenoxy) is 2. The Labute approximate surface area is 175 Å². The van der Waals surface area contributed by atoms with Crippen LogP contribution in [0.5, 0.6) is 0 Å². The van der Waals surface area contributed by atoms with Crippen molar-refractivity contribution in [3.8, 4) is 0 Å². The SMILES string of the molecule is CCNC(=NCC1CCCN(C(=O)OC(C)(C)C)C1)NCCOCC.I. The minimum atomic E-state index is -0.453. The molecule has 1 aliphatic heterocycles. The Morgan fingerprint density at radius 1 is 1.27 bits per heavy atom. The van der Waals surface area contributed by atoms with Crippen molar-refractivity contribution in [3.05, 3.63) is 0 Å². The molecule has 7 nitrogen and oxygen atoms in total. The van der Waals surface area contributed by atoms with Crippen molar-refractivity contribution in [2.45, 2.75) is 53.1 Å². The monoisotopic (exact) mass is 484 g/mol. The zero-order valence-corrected chi connectivity index (χ0v) is 19.3. The number of aliphatic imine (C=N–C) groups is 1. The minimum Gasteiger partial charge on any atom is -0.444 e. The zero-order valence-electron chi connectivity index (χ0n) is 17.0. The maximum atomic E-state index is 12.2. The van der Waals surface area contributed by atoms with Crippen molar-refractivity contribution in [2.24, 2.45) is 10.9 Å². The quantitative estimate of drug-likeness (QED) is 0.252. The third-order valence-electron chi connectivity index (χ3n) is 3.77. The molecule has 0 spiro atoms. The number of nitrogens with zero attached hydrogens (tertiary/aromatic N) is 2. The molecule has 1 amide bonds. The summed E-state index contributed by atoms with van der Waals surface area (Å²) in [6.07, 6.45) is 1.86. The maximum Gasteiger partial charge on any atom is 0.410 e. The first-order valence-electron chi connectivity index (χ1n) is 9.43. The highest BCUT2D eigenvalue weighted by Crippen LogP contribution is 2.19. The van der Waals surface area contributed by atoms with Crippen LogP contribution in [0.1, 0.15) is 47.5 Å². The summed E-state index contributed by atoms with van der Waals surface area (Å²) in [5.41, 5.74) is -0.453. The van der Waals surface area contributed by atoms with Gasteiger partial charge >= 0.3 is 6.09 Å². The molecule has 1 rings (SSSR count). The van der Waals surface area contributed by atoms with E-state index in [-0.39, 0.29) is 30.1 Å². The summed E-state index contributed by atoms with van der Waals surface area (Å²) in [7, 11) is 0. The van der Waals surface area contributed by atoms with Crippen molar-refractivity contribution >= 4 is 36.0 Å². The van der Waals surface area contributed by atoms with Crippen molar-refractivity contribution in [2.75, 3.05) is 45.9 Å². The van der Waals surface area contributed by atoms with Crippen molar-refractivity contribution in [1.29, 1.82) is 0 Å². The second-order valence-corrected chi connectivity index (χ2v) is 7.28. The van der Waals surface area contributed by atoms with Crippen LogP contribution in [0.4, 0.5) is 4.79 Å². The van der Waals surface area contributed by atoms with Gasteiger partial charge in [-0.3, -0.25) is 4.99 Å². The number of hydrogen-bond donors (Lipinski definition) is 2. The van der Waals surface area contributed by atoms with Gasteiger partial charge in [-0.2, -0.15) is 0 Å². The molecule has 0 aromatic carbocycles. The number of amides is 1. The number of carbonyl (C=O) groups excluding carboxylic acids is 1. The van der Waals surface area contributed by atoms with Gasteiger partial charge in [-0.1, -0.05) is 0 Å². The zero-order chi connectivity index (χ0) is 18.7. The van der Waals surface area contributed by atoms with Gasteiger partial charge in [0.1, 0.15) is 5.60 Å². The molecule has 1 fully saturated rings. The van der Waals surface area contributed by atoms with Crippen LogP contribution in [0, 0.1) is 5.92 Å². The fraction of sp³-hybridized carbons (Fsp3) is 0.889. The van der Waals surface area contributed by atoms with E-state index in [1.54, 1.807) is 0 Å². The first-order chi connectivity index (χ1) is 11.9. The van der Waals surface area contributed by atoms with Gasteiger partial charge in [0.15, 0.2) is 5.96 Å². The molecule has 0 bridgehead atoms. The van der Waals surface area contributed by atoms with Crippen LogP contribution in [0.3, 0.4) is 0 Å². The highest BCUT2D eigenvalue weighted by molar-refractivity contribution is 14.0. The van der Waals surface area contributed by atoms with Gasteiger partial charge in [-0.25, -0.2) is 4.79 Å². The van der Waals surface area contributed by atoms with Crippen LogP contribution in [-0.2, 0) is 9.47 Å². The van der Waals surface area contributed by atoms with Crippen molar-refractivity contribution in [1.82, 2.24) is 15.5 Å². The van der Waals surface area contributed by atoms with Gasteiger partial charge in [0.25, 0.3) is 0 Å². The van der Waals surface area contributed by atoms with E-state index in [2.05, 4.69) is 15.6 Å². The molecule has 0 aliphatic carbocycles. The van der Waals surface area contributed by atoms with Gasteiger partial charge < -0.3 is 25.0 Å². The normalized spacial score (nSPS) is 18.1. The number of hydrogen-bond acceptors (Lipinski definition) is 4. The van der Waals surface area contributed by atoms with E-state index >= 15 is 0 Å².